The van der Waals surface area contributed by atoms with Crippen molar-refractivity contribution in [3.63, 3.8) is 0 Å². The third kappa shape index (κ3) is 4.41. The molecule has 0 bridgehead atoms. The molecule has 0 aliphatic rings. The molecule has 2 rings (SSSR count). The first kappa shape index (κ1) is 14.2. The van der Waals surface area contributed by atoms with Gasteiger partial charge in [0.05, 0.1) is 12.6 Å². The Kier molecular flexibility index (Phi) is 5.07. The molecule has 1 unspecified atom stereocenters. The lowest BCUT2D eigenvalue weighted by atomic mass is 10.3. The second kappa shape index (κ2) is 6.79. The first-order valence-corrected chi connectivity index (χ1v) is 7.50. The highest BCUT2D eigenvalue weighted by Gasteiger charge is 2.09. The van der Waals surface area contributed by atoms with Gasteiger partial charge in [0.2, 0.25) is 5.91 Å². The number of carbonyl (C=O) groups excluding carboxylic acids is 1. The SMILES string of the molecule is CC(NCC(=O)Nc1ccc(Br)cc1)c1nccs1. The number of rotatable bonds is 5. The molecule has 0 radical (unpaired) electrons. The molecule has 1 aromatic carbocycles. The Morgan fingerprint density at radius 1 is 1.42 bits per heavy atom. The van der Waals surface area contributed by atoms with E-state index in [0.717, 1.165) is 15.2 Å². The topological polar surface area (TPSA) is 54.0 Å². The van der Waals surface area contributed by atoms with E-state index in [1.165, 1.54) is 0 Å². The average Bonchev–Trinajstić information content (AvgIpc) is 2.93. The molecule has 0 saturated heterocycles. The zero-order valence-electron chi connectivity index (χ0n) is 10.4. The summed E-state index contributed by atoms with van der Waals surface area (Å²) >= 11 is 4.93. The third-order valence-electron chi connectivity index (χ3n) is 2.52. The van der Waals surface area contributed by atoms with Gasteiger partial charge in [-0.25, -0.2) is 4.98 Å². The molecule has 2 aromatic rings. The van der Waals surface area contributed by atoms with Crippen LogP contribution in [0.15, 0.2) is 40.3 Å². The number of anilines is 1. The number of nitrogens with one attached hydrogen (secondary N) is 2. The fourth-order valence-corrected chi connectivity index (χ4v) is 2.45. The molecule has 2 N–H and O–H groups in total. The van der Waals surface area contributed by atoms with Gasteiger partial charge in [-0.2, -0.15) is 0 Å². The minimum absolute atomic E-state index is 0.0641. The highest BCUT2D eigenvalue weighted by Crippen LogP contribution is 2.15. The van der Waals surface area contributed by atoms with Crippen LogP contribution in [0.3, 0.4) is 0 Å². The van der Waals surface area contributed by atoms with Crippen molar-refractivity contribution in [2.24, 2.45) is 0 Å². The van der Waals surface area contributed by atoms with Gasteiger partial charge in [0.25, 0.3) is 0 Å². The quantitative estimate of drug-likeness (QED) is 0.879. The summed E-state index contributed by atoms with van der Waals surface area (Å²) in [6, 6.07) is 7.57. The lowest BCUT2D eigenvalue weighted by Gasteiger charge is -2.11. The van der Waals surface area contributed by atoms with Crippen molar-refractivity contribution in [3.05, 3.63) is 45.3 Å². The Balaban J connectivity index is 1.80. The highest BCUT2D eigenvalue weighted by molar-refractivity contribution is 9.10. The molecule has 0 spiro atoms. The third-order valence-corrected chi connectivity index (χ3v) is 4.01. The van der Waals surface area contributed by atoms with Crippen LogP contribution >= 0.6 is 27.3 Å². The van der Waals surface area contributed by atoms with Crippen LogP contribution in [0.1, 0.15) is 18.0 Å². The Morgan fingerprint density at radius 3 is 2.79 bits per heavy atom. The van der Waals surface area contributed by atoms with Gasteiger partial charge in [-0.05, 0) is 31.2 Å². The second-order valence-electron chi connectivity index (χ2n) is 4.03. The number of hydrogen-bond donors (Lipinski definition) is 2. The summed E-state index contributed by atoms with van der Waals surface area (Å²) in [5.41, 5.74) is 0.789. The summed E-state index contributed by atoms with van der Waals surface area (Å²) in [5, 5.41) is 8.88. The molecule has 100 valence electrons. The summed E-state index contributed by atoms with van der Waals surface area (Å²) in [4.78, 5) is 16.0. The normalized spacial score (nSPS) is 12.1. The number of halogens is 1. The molecule has 0 aliphatic heterocycles. The standard InChI is InChI=1S/C13H14BrN3OS/c1-9(13-15-6-7-19-13)16-8-12(18)17-11-4-2-10(14)3-5-11/h2-7,9,16H,8H2,1H3,(H,17,18). The lowest BCUT2D eigenvalue weighted by molar-refractivity contribution is -0.115. The van der Waals surface area contributed by atoms with Crippen LogP contribution < -0.4 is 10.6 Å². The summed E-state index contributed by atoms with van der Waals surface area (Å²) in [6.07, 6.45) is 1.76. The Hall–Kier alpha value is -1.24. The Bertz CT molecular complexity index is 527. The van der Waals surface area contributed by atoms with E-state index in [4.69, 9.17) is 0 Å². The Morgan fingerprint density at radius 2 is 2.16 bits per heavy atom. The van der Waals surface area contributed by atoms with Crippen LogP contribution in [0.25, 0.3) is 0 Å². The number of thiazole rings is 1. The number of benzene rings is 1. The van der Waals surface area contributed by atoms with Crippen molar-refractivity contribution in [1.29, 1.82) is 0 Å². The van der Waals surface area contributed by atoms with E-state index < -0.39 is 0 Å². The molecule has 6 heteroatoms. The monoisotopic (exact) mass is 339 g/mol. The fourth-order valence-electron chi connectivity index (χ4n) is 1.52. The molecule has 1 atom stereocenters. The minimum Gasteiger partial charge on any atom is -0.325 e. The van der Waals surface area contributed by atoms with Gasteiger partial charge < -0.3 is 5.32 Å². The zero-order valence-corrected chi connectivity index (χ0v) is 12.8. The number of amides is 1. The van der Waals surface area contributed by atoms with Crippen LogP contribution in [-0.4, -0.2) is 17.4 Å². The highest BCUT2D eigenvalue weighted by atomic mass is 79.9. The summed E-state index contributed by atoms with van der Waals surface area (Å²) < 4.78 is 0.987. The van der Waals surface area contributed by atoms with Crippen molar-refractivity contribution in [2.75, 3.05) is 11.9 Å². The summed E-state index contributed by atoms with van der Waals surface area (Å²) in [7, 11) is 0. The van der Waals surface area contributed by atoms with E-state index in [2.05, 4.69) is 31.5 Å². The van der Waals surface area contributed by atoms with Gasteiger partial charge in [-0.3, -0.25) is 10.1 Å². The van der Waals surface area contributed by atoms with Gasteiger partial charge in [0, 0.05) is 21.7 Å². The van der Waals surface area contributed by atoms with E-state index in [0.29, 0.717) is 0 Å². The van der Waals surface area contributed by atoms with Gasteiger partial charge in [-0.15, -0.1) is 11.3 Å². The molecule has 0 saturated carbocycles. The molecule has 19 heavy (non-hydrogen) atoms. The molecule has 4 nitrogen and oxygen atoms in total. The van der Waals surface area contributed by atoms with Crippen LogP contribution in [0.4, 0.5) is 5.69 Å². The van der Waals surface area contributed by atoms with Crippen molar-refractivity contribution in [3.8, 4) is 0 Å². The number of hydrogen-bond acceptors (Lipinski definition) is 4. The molecule has 0 aliphatic carbocycles. The molecule has 1 aromatic heterocycles. The van der Waals surface area contributed by atoms with Crippen molar-refractivity contribution < 1.29 is 4.79 Å². The molecule has 1 heterocycles. The first-order valence-electron chi connectivity index (χ1n) is 5.83. The molecule has 0 fully saturated rings. The number of aromatic nitrogens is 1. The maximum atomic E-state index is 11.8. The van der Waals surface area contributed by atoms with E-state index in [1.807, 2.05) is 36.6 Å². The maximum absolute atomic E-state index is 11.8. The number of nitrogens with zero attached hydrogens (tertiary/aromatic N) is 1. The van der Waals surface area contributed by atoms with Crippen LogP contribution in [0, 0.1) is 0 Å². The fraction of sp³-hybridized carbons (Fsp3) is 0.231. The van der Waals surface area contributed by atoms with Crippen molar-refractivity contribution in [1.82, 2.24) is 10.3 Å². The molecule has 1 amide bonds. The summed E-state index contributed by atoms with van der Waals surface area (Å²) in [5.74, 6) is -0.0641. The van der Waals surface area contributed by atoms with E-state index in [9.17, 15) is 4.79 Å². The second-order valence-corrected chi connectivity index (χ2v) is 5.87. The smallest absolute Gasteiger partial charge is 0.238 e. The van der Waals surface area contributed by atoms with E-state index >= 15 is 0 Å². The average molecular weight is 340 g/mol. The van der Waals surface area contributed by atoms with Crippen LogP contribution in [-0.2, 0) is 4.79 Å². The van der Waals surface area contributed by atoms with Crippen molar-refractivity contribution in [2.45, 2.75) is 13.0 Å². The minimum atomic E-state index is -0.0641. The van der Waals surface area contributed by atoms with Crippen LogP contribution in [0.5, 0.6) is 0 Å². The maximum Gasteiger partial charge on any atom is 0.238 e. The molecular formula is C13H14BrN3OS. The molecular weight excluding hydrogens is 326 g/mol. The van der Waals surface area contributed by atoms with Crippen LogP contribution in [0.2, 0.25) is 0 Å². The van der Waals surface area contributed by atoms with Gasteiger partial charge in [0.1, 0.15) is 5.01 Å². The van der Waals surface area contributed by atoms with Gasteiger partial charge >= 0.3 is 0 Å². The Labute approximate surface area is 124 Å². The van der Waals surface area contributed by atoms with E-state index in [-0.39, 0.29) is 18.5 Å². The largest absolute Gasteiger partial charge is 0.325 e. The van der Waals surface area contributed by atoms with Crippen molar-refractivity contribution >= 4 is 38.9 Å². The number of carbonyl (C=O) groups is 1. The zero-order chi connectivity index (χ0) is 13.7. The van der Waals surface area contributed by atoms with Gasteiger partial charge in [-0.1, -0.05) is 15.9 Å². The predicted octanol–water partition coefficient (Wildman–Crippen LogP) is 3.19. The first-order chi connectivity index (χ1) is 9.15. The van der Waals surface area contributed by atoms with Gasteiger partial charge in [0.15, 0.2) is 0 Å². The van der Waals surface area contributed by atoms with E-state index in [1.54, 1.807) is 17.5 Å². The predicted molar refractivity (Wildman–Crippen MR) is 81.3 cm³/mol. The summed E-state index contributed by atoms with van der Waals surface area (Å²) in [6.45, 7) is 2.25. The lowest BCUT2D eigenvalue weighted by Crippen LogP contribution is -2.30.